The zero-order valence-corrected chi connectivity index (χ0v) is 11.7. The second kappa shape index (κ2) is 6.33. The Morgan fingerprint density at radius 2 is 2.32 bits per heavy atom. The van der Waals surface area contributed by atoms with Crippen LogP contribution in [-0.2, 0) is 6.54 Å². The summed E-state index contributed by atoms with van der Waals surface area (Å²) in [7, 11) is 0. The molecule has 0 saturated carbocycles. The predicted octanol–water partition coefficient (Wildman–Crippen LogP) is 3.06. The predicted molar refractivity (Wildman–Crippen MR) is 76.1 cm³/mol. The minimum Gasteiger partial charge on any atom is -0.379 e. The van der Waals surface area contributed by atoms with Gasteiger partial charge in [0.25, 0.3) is 5.69 Å². The SMILES string of the molecule is O=[N+]([O-])c1ccc(Br)cc1NCCCn1cccn1. The zero-order chi connectivity index (χ0) is 13.7. The lowest BCUT2D eigenvalue weighted by molar-refractivity contribution is -0.384. The maximum atomic E-state index is 10.9. The van der Waals surface area contributed by atoms with Crippen molar-refractivity contribution in [3.63, 3.8) is 0 Å². The van der Waals surface area contributed by atoms with E-state index in [-0.39, 0.29) is 10.6 Å². The van der Waals surface area contributed by atoms with E-state index < -0.39 is 0 Å². The second-order valence-corrected chi connectivity index (χ2v) is 4.88. The quantitative estimate of drug-likeness (QED) is 0.503. The molecule has 0 aliphatic carbocycles. The molecule has 0 radical (unpaired) electrons. The van der Waals surface area contributed by atoms with Crippen LogP contribution in [-0.4, -0.2) is 21.2 Å². The number of hydrogen-bond donors (Lipinski definition) is 1. The molecule has 100 valence electrons. The van der Waals surface area contributed by atoms with E-state index in [1.165, 1.54) is 6.07 Å². The van der Waals surface area contributed by atoms with E-state index in [1.54, 1.807) is 18.3 Å². The van der Waals surface area contributed by atoms with Crippen molar-refractivity contribution in [1.82, 2.24) is 9.78 Å². The number of aromatic nitrogens is 2. The summed E-state index contributed by atoms with van der Waals surface area (Å²) < 4.78 is 2.64. The molecule has 0 spiro atoms. The van der Waals surface area contributed by atoms with Gasteiger partial charge in [0.15, 0.2) is 0 Å². The maximum Gasteiger partial charge on any atom is 0.292 e. The van der Waals surface area contributed by atoms with Crippen molar-refractivity contribution in [1.29, 1.82) is 0 Å². The summed E-state index contributed by atoms with van der Waals surface area (Å²) in [4.78, 5) is 10.5. The normalized spacial score (nSPS) is 10.4. The Kier molecular flexibility index (Phi) is 4.51. The van der Waals surface area contributed by atoms with Crippen molar-refractivity contribution in [2.75, 3.05) is 11.9 Å². The van der Waals surface area contributed by atoms with Gasteiger partial charge in [-0.05, 0) is 24.6 Å². The molecule has 19 heavy (non-hydrogen) atoms. The standard InChI is InChI=1S/C12H13BrN4O2/c13-10-3-4-12(17(18)19)11(9-10)14-5-1-7-16-8-2-6-15-16/h2-4,6,8-9,14H,1,5,7H2. The third-order valence-electron chi connectivity index (χ3n) is 2.59. The molecule has 0 amide bonds. The Bertz CT molecular complexity index is 557. The van der Waals surface area contributed by atoms with Crippen LogP contribution < -0.4 is 5.32 Å². The molecule has 0 unspecified atom stereocenters. The fourth-order valence-corrected chi connectivity index (χ4v) is 2.07. The van der Waals surface area contributed by atoms with E-state index in [0.717, 1.165) is 17.4 Å². The van der Waals surface area contributed by atoms with E-state index in [2.05, 4.69) is 26.3 Å². The molecule has 0 bridgehead atoms. The number of rotatable bonds is 6. The van der Waals surface area contributed by atoms with Crippen molar-refractivity contribution < 1.29 is 4.92 Å². The Labute approximate surface area is 118 Å². The number of nitrogens with one attached hydrogen (secondary N) is 1. The number of nitro benzene ring substituents is 1. The van der Waals surface area contributed by atoms with Crippen LogP contribution in [0.5, 0.6) is 0 Å². The number of anilines is 1. The summed E-state index contributed by atoms with van der Waals surface area (Å²) in [6.07, 6.45) is 4.46. The largest absolute Gasteiger partial charge is 0.379 e. The van der Waals surface area contributed by atoms with Crippen LogP contribution in [0.15, 0.2) is 41.1 Å². The van der Waals surface area contributed by atoms with Crippen LogP contribution in [0.25, 0.3) is 0 Å². The first kappa shape index (κ1) is 13.5. The van der Waals surface area contributed by atoms with Crippen molar-refractivity contribution in [2.24, 2.45) is 0 Å². The molecule has 6 nitrogen and oxygen atoms in total. The molecule has 2 rings (SSSR count). The first-order chi connectivity index (χ1) is 9.16. The lowest BCUT2D eigenvalue weighted by Crippen LogP contribution is -2.08. The maximum absolute atomic E-state index is 10.9. The van der Waals surface area contributed by atoms with Gasteiger partial charge in [0.1, 0.15) is 5.69 Å². The van der Waals surface area contributed by atoms with Gasteiger partial charge < -0.3 is 5.32 Å². The van der Waals surface area contributed by atoms with Crippen molar-refractivity contribution >= 4 is 27.3 Å². The van der Waals surface area contributed by atoms with E-state index in [0.29, 0.717) is 12.2 Å². The number of benzene rings is 1. The zero-order valence-electron chi connectivity index (χ0n) is 10.1. The third kappa shape index (κ3) is 3.78. The third-order valence-corrected chi connectivity index (χ3v) is 3.09. The first-order valence-corrected chi connectivity index (χ1v) is 6.61. The summed E-state index contributed by atoms with van der Waals surface area (Å²) in [5.41, 5.74) is 0.613. The average molecular weight is 325 g/mol. The van der Waals surface area contributed by atoms with Gasteiger partial charge in [-0.1, -0.05) is 15.9 Å². The van der Waals surface area contributed by atoms with Gasteiger partial charge in [-0.15, -0.1) is 0 Å². The topological polar surface area (TPSA) is 73.0 Å². The van der Waals surface area contributed by atoms with Crippen molar-refractivity contribution in [2.45, 2.75) is 13.0 Å². The van der Waals surface area contributed by atoms with Crippen molar-refractivity contribution in [3.05, 3.63) is 51.2 Å². The van der Waals surface area contributed by atoms with Gasteiger partial charge in [-0.25, -0.2) is 0 Å². The van der Waals surface area contributed by atoms with Gasteiger partial charge in [-0.2, -0.15) is 5.10 Å². The summed E-state index contributed by atoms with van der Waals surface area (Å²) in [5.74, 6) is 0. The van der Waals surface area contributed by atoms with Gasteiger partial charge in [0, 0.05) is 36.0 Å². The van der Waals surface area contributed by atoms with Gasteiger partial charge in [-0.3, -0.25) is 14.8 Å². The monoisotopic (exact) mass is 324 g/mol. The Morgan fingerprint density at radius 3 is 3.00 bits per heavy atom. The minimum atomic E-state index is -0.387. The van der Waals surface area contributed by atoms with E-state index in [4.69, 9.17) is 0 Å². The van der Waals surface area contributed by atoms with Crippen molar-refractivity contribution in [3.8, 4) is 0 Å². The average Bonchev–Trinajstić information content (AvgIpc) is 2.87. The number of aryl methyl sites for hydroxylation is 1. The number of halogens is 1. The molecule has 1 aromatic heterocycles. The number of nitrogens with zero attached hydrogens (tertiary/aromatic N) is 3. The van der Waals surface area contributed by atoms with Gasteiger partial charge in [0.2, 0.25) is 0 Å². The molecule has 1 aromatic carbocycles. The van der Waals surface area contributed by atoms with E-state index in [9.17, 15) is 10.1 Å². The number of hydrogen-bond acceptors (Lipinski definition) is 4. The minimum absolute atomic E-state index is 0.0855. The number of nitro groups is 1. The molecule has 1 heterocycles. The van der Waals surface area contributed by atoms with Crippen LogP contribution in [0.4, 0.5) is 11.4 Å². The highest BCUT2D eigenvalue weighted by Gasteiger charge is 2.12. The molecule has 0 fully saturated rings. The molecule has 0 aliphatic heterocycles. The Hall–Kier alpha value is -1.89. The molecule has 0 aliphatic rings. The van der Waals surface area contributed by atoms with E-state index >= 15 is 0 Å². The molecule has 7 heteroatoms. The summed E-state index contributed by atoms with van der Waals surface area (Å²) in [5, 5.41) is 18.1. The molecule has 1 N–H and O–H groups in total. The summed E-state index contributed by atoms with van der Waals surface area (Å²) >= 11 is 3.31. The highest BCUT2D eigenvalue weighted by atomic mass is 79.9. The molecule has 0 saturated heterocycles. The van der Waals surface area contributed by atoms with Crippen LogP contribution in [0.3, 0.4) is 0 Å². The molecule has 0 atom stereocenters. The molecular weight excluding hydrogens is 312 g/mol. The van der Waals surface area contributed by atoms with Gasteiger partial charge >= 0.3 is 0 Å². The van der Waals surface area contributed by atoms with Crippen LogP contribution in [0.1, 0.15) is 6.42 Å². The Morgan fingerprint density at radius 1 is 1.47 bits per heavy atom. The lowest BCUT2D eigenvalue weighted by Gasteiger charge is -2.07. The molecular formula is C12H13BrN4O2. The summed E-state index contributed by atoms with van der Waals surface area (Å²) in [6, 6.07) is 6.73. The van der Waals surface area contributed by atoms with E-state index in [1.807, 2.05) is 16.9 Å². The lowest BCUT2D eigenvalue weighted by atomic mass is 10.2. The van der Waals surface area contributed by atoms with Crippen LogP contribution in [0.2, 0.25) is 0 Å². The molecule has 2 aromatic rings. The highest BCUT2D eigenvalue weighted by Crippen LogP contribution is 2.27. The first-order valence-electron chi connectivity index (χ1n) is 5.82. The second-order valence-electron chi connectivity index (χ2n) is 3.97. The summed E-state index contributed by atoms with van der Waals surface area (Å²) in [6.45, 7) is 1.43. The highest BCUT2D eigenvalue weighted by molar-refractivity contribution is 9.10. The Balaban J connectivity index is 1.91. The fourth-order valence-electron chi connectivity index (χ4n) is 1.71. The fraction of sp³-hybridized carbons (Fsp3) is 0.250. The van der Waals surface area contributed by atoms with Crippen LogP contribution >= 0.6 is 15.9 Å². The van der Waals surface area contributed by atoms with Gasteiger partial charge in [0.05, 0.1) is 4.92 Å². The smallest absolute Gasteiger partial charge is 0.292 e. The van der Waals surface area contributed by atoms with Crippen LogP contribution in [0, 0.1) is 10.1 Å².